The molecule has 3 fully saturated rings. The number of rotatable bonds is 8. The Morgan fingerprint density at radius 3 is 2.27 bits per heavy atom. The molecule has 4 heterocycles. The molecule has 2 amide bonds. The molecular formula is C34H42BrF3N8O3. The van der Waals surface area contributed by atoms with Gasteiger partial charge in [-0.2, -0.15) is 13.2 Å². The number of likely N-dealkylation sites (tertiary alicyclic amines) is 1. The number of carbonyl (C=O) groups excluding carboxylic acids is 2. The minimum Gasteiger partial charge on any atom is -0.397 e. The number of amides is 2. The zero-order valence-electron chi connectivity index (χ0n) is 27.2. The van der Waals surface area contributed by atoms with Crippen molar-refractivity contribution in [3.63, 3.8) is 0 Å². The number of carbonyl (C=O) groups is 2. The van der Waals surface area contributed by atoms with Crippen LogP contribution in [0.5, 0.6) is 0 Å². The predicted octanol–water partition coefficient (Wildman–Crippen LogP) is 3.91. The van der Waals surface area contributed by atoms with Crippen LogP contribution in [0, 0.1) is 5.92 Å². The normalized spacial score (nSPS) is 19.3. The fourth-order valence-electron chi connectivity index (χ4n) is 7.30. The van der Waals surface area contributed by atoms with E-state index >= 15 is 0 Å². The summed E-state index contributed by atoms with van der Waals surface area (Å²) in [5, 5.41) is 7.89. The van der Waals surface area contributed by atoms with Crippen LogP contribution in [0.4, 0.5) is 18.9 Å². The zero-order valence-corrected chi connectivity index (χ0v) is 28.8. The van der Waals surface area contributed by atoms with E-state index in [1.165, 1.54) is 10.7 Å². The first-order chi connectivity index (χ1) is 23.5. The molecule has 2 aromatic carbocycles. The van der Waals surface area contributed by atoms with Crippen molar-refractivity contribution in [1.29, 1.82) is 0 Å². The number of H-pyrrole nitrogens is 1. The van der Waals surface area contributed by atoms with Crippen molar-refractivity contribution >= 4 is 33.4 Å². The van der Waals surface area contributed by atoms with Crippen LogP contribution < -0.4 is 16.7 Å². The molecule has 3 aromatic rings. The Kier molecular flexibility index (Phi) is 10.8. The molecule has 0 spiro atoms. The summed E-state index contributed by atoms with van der Waals surface area (Å²) in [7, 11) is 0. The van der Waals surface area contributed by atoms with Gasteiger partial charge in [0.25, 0.3) is 0 Å². The van der Waals surface area contributed by atoms with E-state index in [0.29, 0.717) is 50.9 Å². The van der Waals surface area contributed by atoms with Crippen molar-refractivity contribution in [2.45, 2.75) is 56.8 Å². The lowest BCUT2D eigenvalue weighted by atomic mass is 9.92. The average molecular weight is 748 g/mol. The molecule has 0 saturated carbocycles. The maximum absolute atomic E-state index is 14.0. The third-order valence-electron chi connectivity index (χ3n) is 10.0. The standard InChI is InChI=1S/C34H42BrF3N8O3/c35-28-20-22(19-27(30(28)39)34(36,37)38)18-24(32(48)45-16-14-43(15-17-45)25-6-10-40-11-7-25)21-29(47)44-12-8-26(9-13-44)46-33(49)41-31(42-46)23-4-2-1-3-5-23/h1-5,19-20,24-26,40H,6-18,21,39H2,(H,41,42,49)/t24-/m0/s1. The number of piperidine rings is 2. The molecule has 49 heavy (non-hydrogen) atoms. The Bertz CT molecular complexity index is 1680. The number of halogens is 4. The Labute approximate surface area is 291 Å². The highest BCUT2D eigenvalue weighted by Gasteiger charge is 2.37. The van der Waals surface area contributed by atoms with Crippen LogP contribution in [-0.2, 0) is 22.2 Å². The van der Waals surface area contributed by atoms with Crippen LogP contribution in [0.2, 0.25) is 0 Å². The number of piperazine rings is 1. The van der Waals surface area contributed by atoms with Crippen LogP contribution in [0.1, 0.15) is 49.3 Å². The Morgan fingerprint density at radius 1 is 0.939 bits per heavy atom. The van der Waals surface area contributed by atoms with Gasteiger partial charge in [0.1, 0.15) is 0 Å². The molecule has 1 aromatic heterocycles. The molecule has 3 aliphatic heterocycles. The minimum absolute atomic E-state index is 0.0393. The van der Waals surface area contributed by atoms with E-state index in [4.69, 9.17) is 5.73 Å². The molecule has 0 radical (unpaired) electrons. The van der Waals surface area contributed by atoms with Crippen LogP contribution in [0.25, 0.3) is 11.4 Å². The fourth-order valence-corrected chi connectivity index (χ4v) is 7.81. The number of hydrogen-bond donors (Lipinski definition) is 3. The topological polar surface area (TPSA) is 133 Å². The molecule has 3 saturated heterocycles. The van der Waals surface area contributed by atoms with Gasteiger partial charge in [-0.1, -0.05) is 30.3 Å². The van der Waals surface area contributed by atoms with E-state index in [-0.39, 0.29) is 46.4 Å². The average Bonchev–Trinajstić information content (AvgIpc) is 3.51. The van der Waals surface area contributed by atoms with Crippen molar-refractivity contribution in [2.24, 2.45) is 5.92 Å². The van der Waals surface area contributed by atoms with E-state index < -0.39 is 23.3 Å². The molecule has 0 aliphatic carbocycles. The predicted molar refractivity (Wildman–Crippen MR) is 183 cm³/mol. The number of benzene rings is 2. The highest BCUT2D eigenvalue weighted by atomic mass is 79.9. The molecular weight excluding hydrogens is 705 g/mol. The van der Waals surface area contributed by atoms with Crippen molar-refractivity contribution in [1.82, 2.24) is 34.8 Å². The Hall–Kier alpha value is -3.69. The molecule has 264 valence electrons. The second-order valence-electron chi connectivity index (χ2n) is 13.2. The number of nitrogen functional groups attached to an aromatic ring is 1. The molecule has 0 unspecified atom stereocenters. The summed E-state index contributed by atoms with van der Waals surface area (Å²) in [4.78, 5) is 49.2. The van der Waals surface area contributed by atoms with Crippen molar-refractivity contribution in [3.8, 4) is 11.4 Å². The highest BCUT2D eigenvalue weighted by Crippen LogP contribution is 2.38. The number of hydrogen-bond acceptors (Lipinski definition) is 7. The maximum atomic E-state index is 14.0. The summed E-state index contributed by atoms with van der Waals surface area (Å²) >= 11 is 3.16. The Balaban J connectivity index is 1.14. The highest BCUT2D eigenvalue weighted by molar-refractivity contribution is 9.10. The van der Waals surface area contributed by atoms with Gasteiger partial charge in [0.2, 0.25) is 11.8 Å². The van der Waals surface area contributed by atoms with Crippen LogP contribution >= 0.6 is 15.9 Å². The number of nitrogens with two attached hydrogens (primary N) is 1. The molecule has 11 nitrogen and oxygen atoms in total. The summed E-state index contributed by atoms with van der Waals surface area (Å²) < 4.78 is 43.0. The number of aromatic nitrogens is 3. The van der Waals surface area contributed by atoms with Gasteiger partial charge >= 0.3 is 11.9 Å². The lowest BCUT2D eigenvalue weighted by Gasteiger charge is -2.41. The first-order valence-electron chi connectivity index (χ1n) is 16.9. The van der Waals surface area contributed by atoms with Gasteiger partial charge in [-0.3, -0.25) is 19.5 Å². The van der Waals surface area contributed by atoms with Gasteiger partial charge in [0.15, 0.2) is 5.82 Å². The second-order valence-corrected chi connectivity index (χ2v) is 14.0. The molecule has 1 atom stereocenters. The Morgan fingerprint density at radius 2 is 1.61 bits per heavy atom. The molecule has 6 rings (SSSR count). The minimum atomic E-state index is -4.68. The maximum Gasteiger partial charge on any atom is 0.418 e. The van der Waals surface area contributed by atoms with E-state index in [1.807, 2.05) is 30.3 Å². The van der Waals surface area contributed by atoms with Crippen molar-refractivity contribution < 1.29 is 22.8 Å². The molecule has 15 heteroatoms. The SMILES string of the molecule is Nc1c(Br)cc(C[C@@H](CC(=O)N2CCC(n3nc(-c4ccccc4)[nH]c3=O)CC2)C(=O)N2CCN(C3CCNCC3)CC2)cc1C(F)(F)F. The van der Waals surface area contributed by atoms with Crippen LogP contribution in [0.3, 0.4) is 0 Å². The number of nitrogens with one attached hydrogen (secondary N) is 2. The first kappa shape index (κ1) is 35.1. The largest absolute Gasteiger partial charge is 0.418 e. The number of anilines is 1. The lowest BCUT2D eigenvalue weighted by molar-refractivity contribution is -0.143. The van der Waals surface area contributed by atoms with Gasteiger partial charge in [-0.25, -0.2) is 9.48 Å². The van der Waals surface area contributed by atoms with Gasteiger partial charge < -0.3 is 20.9 Å². The van der Waals surface area contributed by atoms with Gasteiger partial charge in [0, 0.05) is 61.8 Å². The van der Waals surface area contributed by atoms with Gasteiger partial charge in [-0.15, -0.1) is 5.10 Å². The van der Waals surface area contributed by atoms with Crippen molar-refractivity contribution in [3.05, 3.63) is 68.5 Å². The smallest absolute Gasteiger partial charge is 0.397 e. The zero-order chi connectivity index (χ0) is 34.7. The number of alkyl halides is 3. The van der Waals surface area contributed by atoms with Gasteiger partial charge in [0.05, 0.1) is 23.2 Å². The first-order valence-corrected chi connectivity index (χ1v) is 17.7. The van der Waals surface area contributed by atoms with E-state index in [0.717, 1.165) is 50.7 Å². The molecule has 4 N–H and O–H groups in total. The van der Waals surface area contributed by atoms with Crippen LogP contribution in [0.15, 0.2) is 51.7 Å². The monoisotopic (exact) mass is 746 g/mol. The van der Waals surface area contributed by atoms with E-state index in [1.54, 1.807) is 9.80 Å². The van der Waals surface area contributed by atoms with E-state index in [9.17, 15) is 27.6 Å². The summed E-state index contributed by atoms with van der Waals surface area (Å²) in [6, 6.07) is 12.1. The van der Waals surface area contributed by atoms with Crippen molar-refractivity contribution in [2.75, 3.05) is 58.1 Å². The molecule has 3 aliphatic rings. The molecule has 0 bridgehead atoms. The van der Waals surface area contributed by atoms with Crippen LogP contribution in [-0.4, -0.2) is 99.7 Å². The fraction of sp³-hybridized carbons (Fsp3) is 0.529. The summed E-state index contributed by atoms with van der Waals surface area (Å²) in [6.07, 6.45) is -1.74. The summed E-state index contributed by atoms with van der Waals surface area (Å²) in [6.45, 7) is 5.10. The quantitative estimate of drug-likeness (QED) is 0.298. The third-order valence-corrected chi connectivity index (χ3v) is 10.7. The number of nitrogens with zero attached hydrogens (tertiary/aromatic N) is 5. The number of aromatic amines is 1. The van der Waals surface area contributed by atoms with E-state index in [2.05, 4.69) is 36.2 Å². The van der Waals surface area contributed by atoms with Gasteiger partial charge in [-0.05, 0) is 78.8 Å². The lowest BCUT2D eigenvalue weighted by Crippen LogP contribution is -2.55. The second kappa shape index (κ2) is 15.1. The summed E-state index contributed by atoms with van der Waals surface area (Å²) in [5.41, 5.74) is 5.11. The summed E-state index contributed by atoms with van der Waals surface area (Å²) in [5.74, 6) is -0.846. The third kappa shape index (κ3) is 8.21.